The van der Waals surface area contributed by atoms with E-state index in [1.54, 1.807) is 12.1 Å². The fourth-order valence-electron chi connectivity index (χ4n) is 1.33. The molecule has 2 aromatic rings. The summed E-state index contributed by atoms with van der Waals surface area (Å²) in [5.74, 6) is 0. The predicted octanol–water partition coefficient (Wildman–Crippen LogP) is 0.820. The van der Waals surface area contributed by atoms with E-state index in [4.69, 9.17) is 0 Å². The molecule has 2 heterocycles. The van der Waals surface area contributed by atoms with Crippen molar-refractivity contribution in [3.63, 3.8) is 0 Å². The van der Waals surface area contributed by atoms with E-state index in [0.29, 0.717) is 4.73 Å². The number of aromatic nitrogens is 2. The fraction of sp³-hybridized carbons (Fsp3) is 0.125. The lowest BCUT2D eigenvalue weighted by molar-refractivity contribution is -0.581. The van der Waals surface area contributed by atoms with Crippen molar-refractivity contribution in [2.75, 3.05) is 0 Å². The van der Waals surface area contributed by atoms with Gasteiger partial charge in [0.15, 0.2) is 0 Å². The summed E-state index contributed by atoms with van der Waals surface area (Å²) in [6.45, 7) is 1.84. The Morgan fingerprint density at radius 3 is 3.00 bits per heavy atom. The van der Waals surface area contributed by atoms with E-state index < -0.39 is 0 Å². The molecule has 0 aromatic carbocycles. The highest BCUT2D eigenvalue weighted by atomic mass is 16.5. The molecule has 0 bridgehead atoms. The topological polar surface area (TPSA) is 52.1 Å². The molecule has 62 valence electrons. The van der Waals surface area contributed by atoms with Gasteiger partial charge in [0.1, 0.15) is 6.20 Å². The Morgan fingerprint density at radius 2 is 2.33 bits per heavy atom. The van der Waals surface area contributed by atoms with Crippen LogP contribution in [0.1, 0.15) is 5.56 Å². The van der Waals surface area contributed by atoms with Gasteiger partial charge in [-0.05, 0) is 19.1 Å². The van der Waals surface area contributed by atoms with Crippen LogP contribution in [0.15, 0.2) is 24.5 Å². The normalized spacial score (nSPS) is 10.8. The SMILES string of the molecule is Cc1cn(O)c2c1ccc[n+]2[O-]. The molecule has 0 saturated carbocycles. The highest BCUT2D eigenvalue weighted by Gasteiger charge is 2.12. The molecule has 0 fully saturated rings. The number of nitrogens with zero attached hydrogens (tertiary/aromatic N) is 2. The van der Waals surface area contributed by atoms with Gasteiger partial charge in [-0.3, -0.25) is 0 Å². The van der Waals surface area contributed by atoms with E-state index in [1.807, 2.05) is 6.92 Å². The summed E-state index contributed by atoms with van der Waals surface area (Å²) in [5.41, 5.74) is 1.16. The lowest BCUT2D eigenvalue weighted by Crippen LogP contribution is -2.27. The van der Waals surface area contributed by atoms with Crippen LogP contribution in [0.3, 0.4) is 0 Å². The Morgan fingerprint density at radius 1 is 1.58 bits per heavy atom. The first-order valence-corrected chi connectivity index (χ1v) is 3.59. The summed E-state index contributed by atoms with van der Waals surface area (Å²) in [4.78, 5) is 0. The molecule has 12 heavy (non-hydrogen) atoms. The third-order valence-corrected chi connectivity index (χ3v) is 1.89. The van der Waals surface area contributed by atoms with Crippen LogP contribution in [0.25, 0.3) is 11.0 Å². The molecule has 0 saturated heterocycles. The standard InChI is InChI=1S/C8H8N2O2/c1-6-5-10(12)8-7(6)3-2-4-9(8)11/h2-5,12H,1H3. The average molecular weight is 164 g/mol. The number of hydrogen-bond acceptors (Lipinski definition) is 2. The minimum Gasteiger partial charge on any atom is -0.710 e. The van der Waals surface area contributed by atoms with Gasteiger partial charge in [0, 0.05) is 5.56 Å². The second-order valence-electron chi connectivity index (χ2n) is 2.73. The molecule has 1 N–H and O–H groups in total. The molecular weight excluding hydrogens is 156 g/mol. The lowest BCUT2D eigenvalue weighted by Gasteiger charge is -2.00. The van der Waals surface area contributed by atoms with Crippen molar-refractivity contribution in [1.82, 2.24) is 4.73 Å². The molecule has 0 aliphatic carbocycles. The molecule has 0 amide bonds. The first-order chi connectivity index (χ1) is 5.70. The van der Waals surface area contributed by atoms with Crippen molar-refractivity contribution in [1.29, 1.82) is 0 Å². The maximum atomic E-state index is 11.1. The van der Waals surface area contributed by atoms with Crippen LogP contribution in [0, 0.1) is 12.1 Å². The first-order valence-electron chi connectivity index (χ1n) is 3.59. The smallest absolute Gasteiger partial charge is 0.331 e. The van der Waals surface area contributed by atoms with E-state index in [9.17, 15) is 10.4 Å². The number of hydrogen-bond donors (Lipinski definition) is 1. The number of rotatable bonds is 0. The molecule has 0 spiro atoms. The van der Waals surface area contributed by atoms with Crippen LogP contribution in [0.2, 0.25) is 0 Å². The third-order valence-electron chi connectivity index (χ3n) is 1.89. The van der Waals surface area contributed by atoms with Gasteiger partial charge in [-0.1, -0.05) is 4.73 Å². The van der Waals surface area contributed by atoms with E-state index in [2.05, 4.69) is 0 Å². The Balaban J connectivity index is 2.99. The quantitative estimate of drug-likeness (QED) is 0.356. The molecule has 0 unspecified atom stereocenters. The van der Waals surface area contributed by atoms with Crippen molar-refractivity contribution in [2.45, 2.75) is 6.92 Å². The summed E-state index contributed by atoms with van der Waals surface area (Å²) in [6.07, 6.45) is 2.87. The maximum absolute atomic E-state index is 11.1. The van der Waals surface area contributed by atoms with E-state index in [-0.39, 0.29) is 5.65 Å². The lowest BCUT2D eigenvalue weighted by atomic mass is 10.2. The summed E-state index contributed by atoms with van der Waals surface area (Å²) in [6, 6.07) is 3.45. The average Bonchev–Trinajstić information content (AvgIpc) is 2.29. The van der Waals surface area contributed by atoms with Crippen molar-refractivity contribution >= 4 is 11.0 Å². The Kier molecular flexibility index (Phi) is 1.24. The van der Waals surface area contributed by atoms with E-state index >= 15 is 0 Å². The van der Waals surface area contributed by atoms with Gasteiger partial charge in [-0.25, -0.2) is 4.73 Å². The minimum absolute atomic E-state index is 0.273. The third kappa shape index (κ3) is 0.747. The van der Waals surface area contributed by atoms with Crippen LogP contribution < -0.4 is 4.73 Å². The van der Waals surface area contributed by atoms with Crippen LogP contribution in [0.4, 0.5) is 0 Å². The van der Waals surface area contributed by atoms with E-state index in [0.717, 1.165) is 15.7 Å². The summed E-state index contributed by atoms with van der Waals surface area (Å²) in [5, 5.41) is 21.2. The molecule has 0 aliphatic heterocycles. The zero-order valence-electron chi connectivity index (χ0n) is 6.56. The zero-order chi connectivity index (χ0) is 8.72. The second-order valence-corrected chi connectivity index (χ2v) is 2.73. The van der Waals surface area contributed by atoms with Crippen molar-refractivity contribution in [3.8, 4) is 0 Å². The highest BCUT2D eigenvalue weighted by Crippen LogP contribution is 2.14. The molecule has 0 aliphatic rings. The minimum atomic E-state index is 0.273. The molecule has 2 aromatic heterocycles. The van der Waals surface area contributed by atoms with Crippen LogP contribution in [0.5, 0.6) is 0 Å². The van der Waals surface area contributed by atoms with Gasteiger partial charge in [-0.15, -0.1) is 0 Å². The van der Waals surface area contributed by atoms with E-state index in [1.165, 1.54) is 12.4 Å². The molecule has 4 nitrogen and oxygen atoms in total. The predicted molar refractivity (Wildman–Crippen MR) is 42.8 cm³/mol. The van der Waals surface area contributed by atoms with Crippen molar-refractivity contribution in [3.05, 3.63) is 35.3 Å². The van der Waals surface area contributed by atoms with Gasteiger partial charge < -0.3 is 10.4 Å². The van der Waals surface area contributed by atoms with Gasteiger partial charge in [0.05, 0.1) is 11.6 Å². The van der Waals surface area contributed by atoms with Gasteiger partial charge in [0.2, 0.25) is 0 Å². The summed E-state index contributed by atoms with van der Waals surface area (Å²) in [7, 11) is 0. The van der Waals surface area contributed by atoms with Gasteiger partial charge in [0.25, 0.3) is 0 Å². The van der Waals surface area contributed by atoms with Crippen LogP contribution >= 0.6 is 0 Å². The van der Waals surface area contributed by atoms with Crippen LogP contribution in [-0.2, 0) is 0 Å². The van der Waals surface area contributed by atoms with Crippen LogP contribution in [-0.4, -0.2) is 9.94 Å². The molecule has 4 heteroatoms. The van der Waals surface area contributed by atoms with Crippen molar-refractivity contribution < 1.29 is 9.94 Å². The maximum Gasteiger partial charge on any atom is 0.331 e. The number of fused-ring (bicyclic) bond motifs is 1. The monoisotopic (exact) mass is 164 g/mol. The van der Waals surface area contributed by atoms with Crippen molar-refractivity contribution in [2.24, 2.45) is 0 Å². The first kappa shape index (κ1) is 6.97. The number of pyridine rings is 1. The molecule has 0 atom stereocenters. The number of aryl methyl sites for hydroxylation is 1. The summed E-state index contributed by atoms with van der Waals surface area (Å²) >= 11 is 0. The Labute approximate surface area is 68.8 Å². The highest BCUT2D eigenvalue weighted by molar-refractivity contribution is 5.77. The second kappa shape index (κ2) is 2.14. The van der Waals surface area contributed by atoms with Gasteiger partial charge >= 0.3 is 5.65 Å². The molecule has 2 rings (SSSR count). The Hall–Kier alpha value is -1.71. The zero-order valence-corrected chi connectivity index (χ0v) is 6.56. The molecular formula is C8H8N2O2. The summed E-state index contributed by atoms with van der Waals surface area (Å²) < 4.78 is 1.49. The van der Waals surface area contributed by atoms with Gasteiger partial charge in [-0.2, -0.15) is 0 Å². The fourth-order valence-corrected chi connectivity index (χ4v) is 1.33. The Bertz CT molecular complexity index is 434. The largest absolute Gasteiger partial charge is 0.710 e. The molecule has 0 radical (unpaired) electrons.